The van der Waals surface area contributed by atoms with Crippen molar-refractivity contribution >= 4 is 17.7 Å². The van der Waals surface area contributed by atoms with Gasteiger partial charge in [0.25, 0.3) is 0 Å². The topological polar surface area (TPSA) is 102 Å². The molecule has 1 heterocycles. The fourth-order valence-electron chi connectivity index (χ4n) is 4.85. The summed E-state index contributed by atoms with van der Waals surface area (Å²) in [6.07, 6.45) is 4.69. The van der Waals surface area contributed by atoms with Gasteiger partial charge in [-0.3, -0.25) is 14.4 Å². The predicted octanol–water partition coefficient (Wildman–Crippen LogP) is 4.82. The molecule has 0 aliphatic carbocycles. The van der Waals surface area contributed by atoms with Gasteiger partial charge in [-0.1, -0.05) is 50.3 Å². The van der Waals surface area contributed by atoms with Crippen LogP contribution in [0.3, 0.4) is 0 Å². The van der Waals surface area contributed by atoms with Crippen LogP contribution in [-0.4, -0.2) is 35.2 Å². The summed E-state index contributed by atoms with van der Waals surface area (Å²) in [7, 11) is 0. The number of likely N-dealkylation sites (tertiary alicyclic amines) is 1. The predicted molar refractivity (Wildman–Crippen MR) is 145 cm³/mol. The number of amides is 3. The van der Waals surface area contributed by atoms with E-state index in [2.05, 4.69) is 11.9 Å². The Kier molecular flexibility index (Phi) is 10.3. The monoisotopic (exact) mass is 505 g/mol. The number of carbonyl (C=O) groups is 3. The lowest BCUT2D eigenvalue weighted by atomic mass is 9.82. The average molecular weight is 506 g/mol. The van der Waals surface area contributed by atoms with Gasteiger partial charge in [-0.25, -0.2) is 0 Å². The summed E-state index contributed by atoms with van der Waals surface area (Å²) in [5, 5.41) is 2.97. The smallest absolute Gasteiger partial charge is 0.245 e. The van der Waals surface area contributed by atoms with Crippen LogP contribution in [0.4, 0.5) is 0 Å². The molecule has 1 saturated heterocycles. The second-order valence-corrected chi connectivity index (χ2v) is 10.1. The number of nitrogens with zero attached hydrogens (tertiary/aromatic N) is 1. The Bertz CT molecular complexity index is 1070. The van der Waals surface area contributed by atoms with Gasteiger partial charge in [0.1, 0.15) is 17.5 Å². The number of primary amides is 1. The number of para-hydroxylation sites is 1. The number of nitrogens with two attached hydrogens (primary N) is 1. The third-order valence-corrected chi connectivity index (χ3v) is 6.68. The van der Waals surface area contributed by atoms with Crippen LogP contribution in [0.2, 0.25) is 0 Å². The largest absolute Gasteiger partial charge is 0.457 e. The molecule has 1 aliphatic heterocycles. The van der Waals surface area contributed by atoms with Gasteiger partial charge in [0, 0.05) is 13.1 Å². The molecule has 198 valence electrons. The minimum Gasteiger partial charge on any atom is -0.457 e. The molecule has 3 N–H and O–H groups in total. The van der Waals surface area contributed by atoms with E-state index in [1.807, 2.05) is 68.4 Å². The molecule has 2 aromatic rings. The van der Waals surface area contributed by atoms with Gasteiger partial charge in [0.2, 0.25) is 17.7 Å². The van der Waals surface area contributed by atoms with Crippen LogP contribution in [0.5, 0.6) is 11.5 Å². The van der Waals surface area contributed by atoms with E-state index in [-0.39, 0.29) is 17.7 Å². The molecule has 1 aliphatic rings. The summed E-state index contributed by atoms with van der Waals surface area (Å²) in [5.74, 6) is -0.542. The first kappa shape index (κ1) is 28.0. The standard InChI is InChI=1S/C30H39N3O4/c1-4-11-25(28(31)34)26(18-21(2)3)29(35)32-27-16-8-9-17-33(30(27)36)20-22-12-10-15-24(19-22)37-23-13-6-5-7-14-23/h4-7,10,12-15,19,21,25-27H,1,8-9,11,16-18,20H2,2-3H3,(H2,31,34)(H,32,35)/t25?,26?,27-/m0/s1. The van der Waals surface area contributed by atoms with Gasteiger partial charge in [0.15, 0.2) is 0 Å². The summed E-state index contributed by atoms with van der Waals surface area (Å²) in [5.41, 5.74) is 6.59. The Morgan fingerprint density at radius 2 is 1.84 bits per heavy atom. The van der Waals surface area contributed by atoms with Crippen LogP contribution < -0.4 is 15.8 Å². The summed E-state index contributed by atoms with van der Waals surface area (Å²) >= 11 is 0. The van der Waals surface area contributed by atoms with Crippen LogP contribution in [-0.2, 0) is 20.9 Å². The number of rotatable bonds is 12. The first-order valence-electron chi connectivity index (χ1n) is 13.1. The molecule has 0 aromatic heterocycles. The zero-order valence-corrected chi connectivity index (χ0v) is 21.9. The van der Waals surface area contributed by atoms with E-state index in [1.54, 1.807) is 11.0 Å². The molecule has 0 bridgehead atoms. The number of allylic oxidation sites excluding steroid dienone is 1. The highest BCUT2D eigenvalue weighted by Gasteiger charge is 2.35. The first-order valence-corrected chi connectivity index (χ1v) is 13.1. The molecule has 1 fully saturated rings. The molecule has 0 spiro atoms. The summed E-state index contributed by atoms with van der Waals surface area (Å²) in [4.78, 5) is 40.8. The van der Waals surface area contributed by atoms with Crippen LogP contribution in [0.15, 0.2) is 67.3 Å². The maximum Gasteiger partial charge on any atom is 0.245 e. The van der Waals surface area contributed by atoms with Crippen LogP contribution in [0.1, 0.15) is 51.5 Å². The van der Waals surface area contributed by atoms with Gasteiger partial charge in [-0.05, 0) is 67.9 Å². The van der Waals surface area contributed by atoms with E-state index in [0.29, 0.717) is 38.1 Å². The zero-order chi connectivity index (χ0) is 26.8. The van der Waals surface area contributed by atoms with Crippen molar-refractivity contribution in [2.75, 3.05) is 6.54 Å². The molecule has 2 aromatic carbocycles. The molecular formula is C30H39N3O4. The van der Waals surface area contributed by atoms with Gasteiger partial charge in [-0.15, -0.1) is 6.58 Å². The van der Waals surface area contributed by atoms with Crippen molar-refractivity contribution in [1.29, 1.82) is 0 Å². The normalized spacial score (nSPS) is 17.5. The Labute approximate surface area is 220 Å². The minimum absolute atomic E-state index is 0.108. The van der Waals surface area contributed by atoms with E-state index >= 15 is 0 Å². The highest BCUT2D eigenvalue weighted by atomic mass is 16.5. The Morgan fingerprint density at radius 3 is 2.51 bits per heavy atom. The lowest BCUT2D eigenvalue weighted by Crippen LogP contribution is -2.50. The van der Waals surface area contributed by atoms with Crippen molar-refractivity contribution in [1.82, 2.24) is 10.2 Å². The Hall–Kier alpha value is -3.61. The number of ether oxygens (including phenoxy) is 1. The second-order valence-electron chi connectivity index (χ2n) is 10.1. The summed E-state index contributed by atoms with van der Waals surface area (Å²) < 4.78 is 5.95. The second kappa shape index (κ2) is 13.6. The van der Waals surface area contributed by atoms with Crippen LogP contribution >= 0.6 is 0 Å². The zero-order valence-electron chi connectivity index (χ0n) is 21.9. The van der Waals surface area contributed by atoms with Crippen molar-refractivity contribution in [2.45, 2.75) is 58.5 Å². The van der Waals surface area contributed by atoms with Gasteiger partial charge in [0.05, 0.1) is 11.8 Å². The number of hydrogen-bond donors (Lipinski definition) is 2. The van der Waals surface area contributed by atoms with Crippen molar-refractivity contribution in [2.24, 2.45) is 23.5 Å². The van der Waals surface area contributed by atoms with Crippen LogP contribution in [0, 0.1) is 17.8 Å². The molecular weight excluding hydrogens is 466 g/mol. The van der Waals surface area contributed by atoms with Crippen molar-refractivity contribution in [3.63, 3.8) is 0 Å². The van der Waals surface area contributed by atoms with Crippen molar-refractivity contribution in [3.8, 4) is 11.5 Å². The van der Waals surface area contributed by atoms with E-state index < -0.39 is 23.8 Å². The highest BCUT2D eigenvalue weighted by molar-refractivity contribution is 5.91. The Balaban J connectivity index is 1.71. The molecule has 2 unspecified atom stereocenters. The third-order valence-electron chi connectivity index (χ3n) is 6.68. The molecule has 3 amide bonds. The average Bonchev–Trinajstić information content (AvgIpc) is 3.03. The third kappa shape index (κ3) is 8.20. The molecule has 7 heteroatoms. The molecule has 0 radical (unpaired) electrons. The number of carbonyl (C=O) groups excluding carboxylic acids is 3. The fraction of sp³-hybridized carbons (Fsp3) is 0.433. The van der Waals surface area contributed by atoms with Gasteiger partial charge < -0.3 is 20.7 Å². The molecule has 7 nitrogen and oxygen atoms in total. The first-order chi connectivity index (χ1) is 17.8. The molecule has 3 rings (SSSR count). The molecule has 0 saturated carbocycles. The number of hydrogen-bond acceptors (Lipinski definition) is 4. The van der Waals surface area contributed by atoms with Crippen molar-refractivity contribution < 1.29 is 19.1 Å². The van der Waals surface area contributed by atoms with Gasteiger partial charge >= 0.3 is 0 Å². The lowest BCUT2D eigenvalue weighted by Gasteiger charge is -2.29. The minimum atomic E-state index is -0.649. The number of nitrogens with one attached hydrogen (secondary N) is 1. The summed E-state index contributed by atoms with van der Waals surface area (Å²) in [6, 6.07) is 16.6. The van der Waals surface area contributed by atoms with E-state index in [0.717, 1.165) is 24.2 Å². The molecule has 3 atom stereocenters. The van der Waals surface area contributed by atoms with Gasteiger partial charge in [-0.2, -0.15) is 0 Å². The Morgan fingerprint density at radius 1 is 1.11 bits per heavy atom. The highest BCUT2D eigenvalue weighted by Crippen LogP contribution is 2.26. The van der Waals surface area contributed by atoms with Crippen molar-refractivity contribution in [3.05, 3.63) is 72.8 Å². The van der Waals surface area contributed by atoms with Crippen LogP contribution in [0.25, 0.3) is 0 Å². The van der Waals surface area contributed by atoms with E-state index in [4.69, 9.17) is 10.5 Å². The fourth-order valence-corrected chi connectivity index (χ4v) is 4.85. The maximum absolute atomic E-state index is 13.5. The lowest BCUT2D eigenvalue weighted by molar-refractivity contribution is -0.139. The quantitative estimate of drug-likeness (QED) is 0.404. The SMILES string of the molecule is C=CCC(C(N)=O)C(CC(C)C)C(=O)N[C@H]1CCCCN(Cc2cccc(Oc3ccccc3)c2)C1=O. The van der Waals surface area contributed by atoms with E-state index in [1.165, 1.54) is 0 Å². The maximum atomic E-state index is 13.5. The summed E-state index contributed by atoms with van der Waals surface area (Å²) in [6.45, 7) is 8.75. The number of benzene rings is 2. The molecule has 37 heavy (non-hydrogen) atoms. The van der Waals surface area contributed by atoms with E-state index in [9.17, 15) is 14.4 Å².